The Labute approximate surface area is 151 Å². The van der Waals surface area contributed by atoms with Gasteiger partial charge in [-0.05, 0) is 48.9 Å². The zero-order chi connectivity index (χ0) is 18.4. The molecule has 128 valence electrons. The molecular formula is C19H18ClN3O2. The van der Waals surface area contributed by atoms with Gasteiger partial charge in [-0.15, -0.1) is 0 Å². The predicted molar refractivity (Wildman–Crippen MR) is 98.6 cm³/mol. The van der Waals surface area contributed by atoms with Crippen LogP contribution < -0.4 is 10.2 Å². The van der Waals surface area contributed by atoms with Crippen LogP contribution >= 0.6 is 11.6 Å². The summed E-state index contributed by atoms with van der Waals surface area (Å²) in [4.78, 5) is 25.5. The topological polar surface area (TPSA) is 73.2 Å². The Balaban J connectivity index is 2.00. The minimum atomic E-state index is -0.214. The first kappa shape index (κ1) is 18.5. The van der Waals surface area contributed by atoms with E-state index in [4.69, 9.17) is 16.9 Å². The lowest BCUT2D eigenvalue weighted by molar-refractivity contribution is -0.117. The number of nitrogens with zero attached hydrogens (tertiary/aromatic N) is 2. The molecule has 0 saturated heterocycles. The molecule has 0 atom stereocenters. The van der Waals surface area contributed by atoms with Crippen LogP contribution in [-0.4, -0.2) is 18.4 Å². The molecule has 0 aromatic heterocycles. The maximum atomic E-state index is 12.1. The summed E-state index contributed by atoms with van der Waals surface area (Å²) in [6, 6.07) is 14.0. The number of hydrogen-bond donors (Lipinski definition) is 1. The van der Waals surface area contributed by atoms with Gasteiger partial charge < -0.3 is 10.2 Å². The van der Waals surface area contributed by atoms with Gasteiger partial charge in [0.15, 0.2) is 0 Å². The Morgan fingerprint density at radius 2 is 1.88 bits per heavy atom. The molecule has 0 heterocycles. The van der Waals surface area contributed by atoms with Crippen molar-refractivity contribution in [2.45, 2.75) is 20.3 Å². The van der Waals surface area contributed by atoms with Crippen LogP contribution in [-0.2, 0) is 9.59 Å². The lowest BCUT2D eigenvalue weighted by Gasteiger charge is -2.21. The van der Waals surface area contributed by atoms with E-state index in [9.17, 15) is 9.59 Å². The summed E-state index contributed by atoms with van der Waals surface area (Å²) in [6.45, 7) is 3.58. The van der Waals surface area contributed by atoms with E-state index in [1.165, 1.54) is 11.8 Å². The van der Waals surface area contributed by atoms with Crippen molar-refractivity contribution in [1.29, 1.82) is 5.26 Å². The molecule has 6 heteroatoms. The fourth-order valence-electron chi connectivity index (χ4n) is 2.28. The van der Waals surface area contributed by atoms with Crippen molar-refractivity contribution in [2.75, 3.05) is 16.8 Å². The number of nitriles is 1. The number of carbonyl (C=O) groups is 2. The molecule has 0 saturated carbocycles. The second-order valence-electron chi connectivity index (χ2n) is 5.59. The van der Waals surface area contributed by atoms with Crippen molar-refractivity contribution < 1.29 is 9.59 Å². The molecule has 0 aliphatic heterocycles. The standard InChI is InChI=1S/C19H18ClN3O2/c1-13-3-8-17(11-18(13)20)23(14(2)24)10-9-19(25)22-16-6-4-15(12-21)5-7-16/h3-8,11H,9-10H2,1-2H3,(H,22,25). The number of benzene rings is 2. The lowest BCUT2D eigenvalue weighted by Crippen LogP contribution is -2.32. The number of aryl methyl sites for hydroxylation is 1. The van der Waals surface area contributed by atoms with Crippen molar-refractivity contribution in [2.24, 2.45) is 0 Å². The summed E-state index contributed by atoms with van der Waals surface area (Å²) in [7, 11) is 0. The van der Waals surface area contributed by atoms with E-state index in [1.54, 1.807) is 36.4 Å². The molecule has 0 radical (unpaired) electrons. The maximum absolute atomic E-state index is 12.1. The largest absolute Gasteiger partial charge is 0.326 e. The van der Waals surface area contributed by atoms with E-state index < -0.39 is 0 Å². The quantitative estimate of drug-likeness (QED) is 0.883. The molecule has 2 amide bonds. The third kappa shape index (κ3) is 5.07. The highest BCUT2D eigenvalue weighted by Crippen LogP contribution is 2.23. The second kappa shape index (κ2) is 8.32. The molecule has 5 nitrogen and oxygen atoms in total. The Bertz CT molecular complexity index is 826. The van der Waals surface area contributed by atoms with Gasteiger partial charge in [0.25, 0.3) is 0 Å². The van der Waals surface area contributed by atoms with Crippen LogP contribution in [0, 0.1) is 18.3 Å². The third-order valence-electron chi connectivity index (χ3n) is 3.71. The first-order chi connectivity index (χ1) is 11.9. The summed E-state index contributed by atoms with van der Waals surface area (Å²) in [5.74, 6) is -0.375. The zero-order valence-electron chi connectivity index (χ0n) is 14.0. The zero-order valence-corrected chi connectivity index (χ0v) is 14.8. The summed E-state index contributed by atoms with van der Waals surface area (Å²) in [6.07, 6.45) is 0.144. The Hall–Kier alpha value is -2.84. The highest BCUT2D eigenvalue weighted by molar-refractivity contribution is 6.31. The van der Waals surface area contributed by atoms with Gasteiger partial charge in [-0.1, -0.05) is 17.7 Å². The summed E-state index contributed by atoms with van der Waals surface area (Å²) in [5, 5.41) is 12.1. The fraction of sp³-hybridized carbons (Fsp3) is 0.211. The molecule has 2 rings (SSSR count). The third-order valence-corrected chi connectivity index (χ3v) is 4.11. The number of carbonyl (C=O) groups excluding carboxylic acids is 2. The van der Waals surface area contributed by atoms with Gasteiger partial charge in [-0.2, -0.15) is 5.26 Å². The minimum Gasteiger partial charge on any atom is -0.326 e. The van der Waals surface area contributed by atoms with Gasteiger partial charge in [-0.25, -0.2) is 0 Å². The van der Waals surface area contributed by atoms with E-state index in [1.807, 2.05) is 19.1 Å². The van der Waals surface area contributed by atoms with Crippen molar-refractivity contribution >= 4 is 34.8 Å². The molecule has 2 aromatic carbocycles. The van der Waals surface area contributed by atoms with Crippen LogP contribution in [0.25, 0.3) is 0 Å². The summed E-state index contributed by atoms with van der Waals surface area (Å²) < 4.78 is 0. The lowest BCUT2D eigenvalue weighted by atomic mass is 10.2. The molecule has 1 N–H and O–H groups in total. The highest BCUT2D eigenvalue weighted by atomic mass is 35.5. The average Bonchev–Trinajstić information content (AvgIpc) is 2.58. The number of rotatable bonds is 5. The minimum absolute atomic E-state index is 0.144. The SMILES string of the molecule is CC(=O)N(CCC(=O)Nc1ccc(C#N)cc1)c1ccc(C)c(Cl)c1. The maximum Gasteiger partial charge on any atom is 0.226 e. The fourth-order valence-corrected chi connectivity index (χ4v) is 2.46. The van der Waals surface area contributed by atoms with Gasteiger partial charge in [0, 0.05) is 36.3 Å². The van der Waals surface area contributed by atoms with Crippen molar-refractivity contribution in [3.05, 3.63) is 58.6 Å². The van der Waals surface area contributed by atoms with Crippen molar-refractivity contribution in [3.63, 3.8) is 0 Å². The number of amides is 2. The van der Waals surface area contributed by atoms with E-state index in [2.05, 4.69) is 5.32 Å². The van der Waals surface area contributed by atoms with E-state index in [-0.39, 0.29) is 24.8 Å². The number of anilines is 2. The molecule has 0 spiro atoms. The molecular weight excluding hydrogens is 338 g/mol. The Kier molecular flexibility index (Phi) is 6.15. The first-order valence-corrected chi connectivity index (χ1v) is 8.13. The molecule has 0 aliphatic rings. The van der Waals surface area contributed by atoms with Crippen molar-refractivity contribution in [1.82, 2.24) is 0 Å². The van der Waals surface area contributed by atoms with Crippen LogP contribution in [0.1, 0.15) is 24.5 Å². The Morgan fingerprint density at radius 3 is 2.44 bits per heavy atom. The average molecular weight is 356 g/mol. The van der Waals surface area contributed by atoms with Gasteiger partial charge in [0.1, 0.15) is 0 Å². The number of hydrogen-bond acceptors (Lipinski definition) is 3. The van der Waals surface area contributed by atoms with Crippen LogP contribution in [0.3, 0.4) is 0 Å². The van der Waals surface area contributed by atoms with Crippen LogP contribution in [0.5, 0.6) is 0 Å². The Morgan fingerprint density at radius 1 is 1.20 bits per heavy atom. The van der Waals surface area contributed by atoms with Crippen molar-refractivity contribution in [3.8, 4) is 6.07 Å². The van der Waals surface area contributed by atoms with E-state index in [0.717, 1.165) is 5.56 Å². The van der Waals surface area contributed by atoms with E-state index in [0.29, 0.717) is 22.0 Å². The molecule has 0 fully saturated rings. The number of nitrogens with one attached hydrogen (secondary N) is 1. The molecule has 0 bridgehead atoms. The molecule has 2 aromatic rings. The summed E-state index contributed by atoms with van der Waals surface area (Å²) >= 11 is 6.12. The monoisotopic (exact) mass is 355 g/mol. The van der Waals surface area contributed by atoms with Crippen LogP contribution in [0.15, 0.2) is 42.5 Å². The second-order valence-corrected chi connectivity index (χ2v) is 6.00. The van der Waals surface area contributed by atoms with Crippen LogP contribution in [0.2, 0.25) is 5.02 Å². The van der Waals surface area contributed by atoms with Gasteiger partial charge in [-0.3, -0.25) is 9.59 Å². The summed E-state index contributed by atoms with van der Waals surface area (Å²) in [5.41, 5.74) is 2.72. The van der Waals surface area contributed by atoms with E-state index >= 15 is 0 Å². The van der Waals surface area contributed by atoms with Gasteiger partial charge >= 0.3 is 0 Å². The van der Waals surface area contributed by atoms with Gasteiger partial charge in [0.2, 0.25) is 11.8 Å². The smallest absolute Gasteiger partial charge is 0.226 e. The number of halogens is 1. The van der Waals surface area contributed by atoms with Gasteiger partial charge in [0.05, 0.1) is 11.6 Å². The molecule has 0 aliphatic carbocycles. The first-order valence-electron chi connectivity index (χ1n) is 7.75. The molecule has 0 unspecified atom stereocenters. The highest BCUT2D eigenvalue weighted by Gasteiger charge is 2.14. The molecule has 25 heavy (non-hydrogen) atoms. The predicted octanol–water partition coefficient (Wildman–Crippen LogP) is 3.90. The van der Waals surface area contributed by atoms with Crippen LogP contribution in [0.4, 0.5) is 11.4 Å². The normalized spacial score (nSPS) is 10.0.